The molecule has 0 aromatic heterocycles. The molecule has 2 fully saturated rings. The molecular weight excluding hydrogens is 318 g/mol. The zero-order chi connectivity index (χ0) is 15.7. The van der Waals surface area contributed by atoms with E-state index < -0.39 is 20.2 Å². The maximum absolute atomic E-state index is 12.6. The molecule has 8 nitrogen and oxygen atoms in total. The summed E-state index contributed by atoms with van der Waals surface area (Å²) in [5, 5.41) is 9.36. The molecule has 2 saturated heterocycles. The number of hydrogen-bond donors (Lipinski definition) is 1. The standard InChI is InChI=1S/C11H23N3O5S2/c1-20(16,17)12-6-8-13(9-7-12)21(18,19)14-5-3-2-4-11(14)10-15/h11,15H,2-10H2,1H3. The molecule has 0 aromatic carbocycles. The Labute approximate surface area is 126 Å². The zero-order valence-electron chi connectivity index (χ0n) is 12.2. The van der Waals surface area contributed by atoms with Crippen molar-refractivity contribution in [2.45, 2.75) is 25.3 Å². The Balaban J connectivity index is 2.07. The van der Waals surface area contributed by atoms with Crippen LogP contribution in [0.25, 0.3) is 0 Å². The van der Waals surface area contributed by atoms with E-state index in [1.807, 2.05) is 0 Å². The summed E-state index contributed by atoms with van der Waals surface area (Å²) in [6.07, 6.45) is 3.50. The Morgan fingerprint density at radius 3 is 2.05 bits per heavy atom. The lowest BCUT2D eigenvalue weighted by Gasteiger charge is -2.39. The van der Waals surface area contributed by atoms with Gasteiger partial charge in [0.25, 0.3) is 10.2 Å². The number of rotatable bonds is 4. The fourth-order valence-corrected chi connectivity index (χ4v) is 5.50. The van der Waals surface area contributed by atoms with Crippen LogP contribution in [-0.2, 0) is 20.2 Å². The Kier molecular flexibility index (Phi) is 5.27. The van der Waals surface area contributed by atoms with E-state index in [9.17, 15) is 21.9 Å². The molecule has 2 heterocycles. The van der Waals surface area contributed by atoms with E-state index in [1.165, 1.54) is 12.9 Å². The lowest BCUT2D eigenvalue weighted by atomic mass is 10.1. The smallest absolute Gasteiger partial charge is 0.282 e. The van der Waals surface area contributed by atoms with Gasteiger partial charge in [0, 0.05) is 38.8 Å². The molecule has 2 aliphatic heterocycles. The van der Waals surface area contributed by atoms with Crippen LogP contribution < -0.4 is 0 Å². The number of aliphatic hydroxyl groups excluding tert-OH is 1. The minimum atomic E-state index is -3.63. The number of piperazine rings is 1. The van der Waals surface area contributed by atoms with Crippen LogP contribution in [0, 0.1) is 0 Å². The van der Waals surface area contributed by atoms with Gasteiger partial charge in [-0.25, -0.2) is 8.42 Å². The van der Waals surface area contributed by atoms with Gasteiger partial charge in [-0.1, -0.05) is 6.42 Å². The monoisotopic (exact) mass is 341 g/mol. The second-order valence-electron chi connectivity index (χ2n) is 5.51. The second-order valence-corrected chi connectivity index (χ2v) is 9.38. The van der Waals surface area contributed by atoms with Crippen molar-refractivity contribution in [2.75, 3.05) is 45.6 Å². The molecule has 2 rings (SSSR count). The quantitative estimate of drug-likeness (QED) is 0.682. The van der Waals surface area contributed by atoms with Crippen molar-refractivity contribution in [1.82, 2.24) is 12.9 Å². The Bertz CT molecular complexity index is 554. The Morgan fingerprint density at radius 2 is 1.52 bits per heavy atom. The summed E-state index contributed by atoms with van der Waals surface area (Å²) < 4.78 is 52.2. The van der Waals surface area contributed by atoms with Crippen LogP contribution in [0.1, 0.15) is 19.3 Å². The van der Waals surface area contributed by atoms with Crippen molar-refractivity contribution in [3.63, 3.8) is 0 Å². The fourth-order valence-electron chi connectivity index (χ4n) is 2.84. The molecule has 21 heavy (non-hydrogen) atoms. The summed E-state index contributed by atoms with van der Waals surface area (Å²) in [7, 11) is -6.91. The summed E-state index contributed by atoms with van der Waals surface area (Å²) in [6.45, 7) is 0.905. The highest BCUT2D eigenvalue weighted by Gasteiger charge is 2.38. The number of aliphatic hydroxyl groups is 1. The van der Waals surface area contributed by atoms with E-state index in [2.05, 4.69) is 0 Å². The van der Waals surface area contributed by atoms with Gasteiger partial charge in [-0.05, 0) is 12.8 Å². The first kappa shape index (κ1) is 17.1. The third-order valence-electron chi connectivity index (χ3n) is 4.07. The van der Waals surface area contributed by atoms with Gasteiger partial charge in [-0.3, -0.25) is 0 Å². The van der Waals surface area contributed by atoms with Crippen LogP contribution >= 0.6 is 0 Å². The van der Waals surface area contributed by atoms with Gasteiger partial charge >= 0.3 is 0 Å². The van der Waals surface area contributed by atoms with E-state index in [0.717, 1.165) is 19.1 Å². The molecule has 10 heteroatoms. The molecule has 0 aromatic rings. The summed E-state index contributed by atoms with van der Waals surface area (Å²) in [4.78, 5) is 0. The average Bonchev–Trinajstić information content (AvgIpc) is 2.46. The van der Waals surface area contributed by atoms with Crippen molar-refractivity contribution in [1.29, 1.82) is 0 Å². The van der Waals surface area contributed by atoms with Crippen LogP contribution in [0.4, 0.5) is 0 Å². The molecular formula is C11H23N3O5S2. The van der Waals surface area contributed by atoms with Gasteiger partial charge in [0.15, 0.2) is 0 Å². The minimum Gasteiger partial charge on any atom is -0.395 e. The molecule has 0 spiro atoms. The topological polar surface area (TPSA) is 98.2 Å². The van der Waals surface area contributed by atoms with Crippen molar-refractivity contribution in [3.8, 4) is 0 Å². The third-order valence-corrected chi connectivity index (χ3v) is 7.47. The number of sulfonamides is 1. The molecule has 0 bridgehead atoms. The molecule has 0 radical (unpaired) electrons. The van der Waals surface area contributed by atoms with E-state index in [1.54, 1.807) is 0 Å². The average molecular weight is 341 g/mol. The van der Waals surface area contributed by atoms with Crippen molar-refractivity contribution < 1.29 is 21.9 Å². The lowest BCUT2D eigenvalue weighted by molar-refractivity contribution is 0.144. The molecule has 124 valence electrons. The van der Waals surface area contributed by atoms with Crippen LogP contribution in [0.3, 0.4) is 0 Å². The van der Waals surface area contributed by atoms with Gasteiger partial charge < -0.3 is 5.11 Å². The minimum absolute atomic E-state index is 0.157. The van der Waals surface area contributed by atoms with Crippen LogP contribution in [0.5, 0.6) is 0 Å². The molecule has 0 amide bonds. The SMILES string of the molecule is CS(=O)(=O)N1CCN(S(=O)(=O)N2CCCCC2CO)CC1. The molecule has 1 atom stereocenters. The van der Waals surface area contributed by atoms with E-state index in [-0.39, 0.29) is 38.8 Å². The van der Waals surface area contributed by atoms with E-state index in [0.29, 0.717) is 13.0 Å². The normalized spacial score (nSPS) is 27.8. The van der Waals surface area contributed by atoms with Gasteiger partial charge in [-0.2, -0.15) is 21.3 Å². The highest BCUT2D eigenvalue weighted by molar-refractivity contribution is 7.88. The highest BCUT2D eigenvalue weighted by atomic mass is 32.2. The zero-order valence-corrected chi connectivity index (χ0v) is 13.8. The van der Waals surface area contributed by atoms with Crippen molar-refractivity contribution in [3.05, 3.63) is 0 Å². The number of nitrogens with zero attached hydrogens (tertiary/aromatic N) is 3. The fraction of sp³-hybridized carbons (Fsp3) is 1.00. The Hall–Kier alpha value is -0.260. The van der Waals surface area contributed by atoms with E-state index in [4.69, 9.17) is 0 Å². The predicted molar refractivity (Wildman–Crippen MR) is 78.3 cm³/mol. The van der Waals surface area contributed by atoms with Crippen molar-refractivity contribution in [2.24, 2.45) is 0 Å². The lowest BCUT2D eigenvalue weighted by Crippen LogP contribution is -2.57. The van der Waals surface area contributed by atoms with Crippen LogP contribution in [0.2, 0.25) is 0 Å². The van der Waals surface area contributed by atoms with Gasteiger partial charge in [0.1, 0.15) is 0 Å². The highest BCUT2D eigenvalue weighted by Crippen LogP contribution is 2.23. The summed E-state index contributed by atoms with van der Waals surface area (Å²) in [5.41, 5.74) is 0. The maximum Gasteiger partial charge on any atom is 0.282 e. The van der Waals surface area contributed by atoms with Gasteiger partial charge in [-0.15, -0.1) is 0 Å². The first-order valence-electron chi connectivity index (χ1n) is 7.09. The summed E-state index contributed by atoms with van der Waals surface area (Å²) >= 11 is 0. The Morgan fingerprint density at radius 1 is 0.952 bits per heavy atom. The molecule has 0 aliphatic carbocycles. The molecule has 1 N–H and O–H groups in total. The first-order chi connectivity index (χ1) is 9.76. The summed E-state index contributed by atoms with van der Waals surface area (Å²) in [5.74, 6) is 0. The maximum atomic E-state index is 12.6. The number of hydrogen-bond acceptors (Lipinski definition) is 5. The first-order valence-corrected chi connectivity index (χ1v) is 10.3. The van der Waals surface area contributed by atoms with Gasteiger partial charge in [0.05, 0.1) is 12.9 Å². The van der Waals surface area contributed by atoms with Crippen molar-refractivity contribution >= 4 is 20.2 Å². The van der Waals surface area contributed by atoms with Crippen LogP contribution in [-0.4, -0.2) is 86.5 Å². The molecule has 0 saturated carbocycles. The third kappa shape index (κ3) is 3.74. The van der Waals surface area contributed by atoms with E-state index >= 15 is 0 Å². The molecule has 1 unspecified atom stereocenters. The largest absolute Gasteiger partial charge is 0.395 e. The van der Waals surface area contributed by atoms with Gasteiger partial charge in [0.2, 0.25) is 10.0 Å². The summed E-state index contributed by atoms with van der Waals surface area (Å²) in [6, 6.07) is -0.364. The predicted octanol–water partition coefficient (Wildman–Crippen LogP) is -1.34. The molecule has 2 aliphatic rings. The second kappa shape index (κ2) is 6.47. The van der Waals surface area contributed by atoms with Crippen LogP contribution in [0.15, 0.2) is 0 Å². The number of piperidine rings is 1.